The Morgan fingerprint density at radius 3 is 1.95 bits per heavy atom. The quantitative estimate of drug-likeness (QED) is 0.137. The molecule has 0 fully saturated rings. The van der Waals surface area contributed by atoms with Crippen molar-refractivity contribution in [2.24, 2.45) is 34.0 Å². The SMILES string of the molecule is CC/C=C(/C)[C@@H]1ON=C([C@H](C)C[C@@](C)(O[Si](CC)(CC)CC)[C@@H]2ON=C([C@@H](C)CO[Si](C)(C)C(C)(C)C)[C@@H]2C)[C@@H]1C. The second-order valence-electron chi connectivity index (χ2n) is 14.8. The third kappa shape index (κ3) is 8.15. The van der Waals surface area contributed by atoms with Crippen molar-refractivity contribution in [2.45, 2.75) is 157 Å². The van der Waals surface area contributed by atoms with E-state index in [0.717, 1.165) is 42.4 Å². The molecule has 2 aliphatic heterocycles. The Morgan fingerprint density at radius 2 is 1.44 bits per heavy atom. The largest absolute Gasteiger partial charge is 0.416 e. The topological polar surface area (TPSA) is 61.6 Å². The van der Waals surface area contributed by atoms with E-state index < -0.39 is 22.2 Å². The molecule has 0 radical (unpaired) electrons. The molecule has 0 unspecified atom stereocenters. The first-order chi connectivity index (χ1) is 18.9. The van der Waals surface area contributed by atoms with Gasteiger partial charge in [0.1, 0.15) is 0 Å². The van der Waals surface area contributed by atoms with E-state index in [1.54, 1.807) is 0 Å². The molecule has 0 aliphatic carbocycles. The van der Waals surface area contributed by atoms with Gasteiger partial charge in [0.2, 0.25) is 0 Å². The van der Waals surface area contributed by atoms with Crippen LogP contribution in [-0.2, 0) is 18.5 Å². The van der Waals surface area contributed by atoms with E-state index in [-0.39, 0.29) is 40.9 Å². The molecule has 0 aromatic rings. The molecule has 0 aromatic carbocycles. The highest BCUT2D eigenvalue weighted by atomic mass is 28.4. The van der Waals surface area contributed by atoms with Gasteiger partial charge in [0, 0.05) is 30.3 Å². The third-order valence-electron chi connectivity index (χ3n) is 10.6. The minimum absolute atomic E-state index is 0.0216. The first-order valence-corrected chi connectivity index (χ1v) is 21.8. The molecule has 2 rings (SSSR count). The van der Waals surface area contributed by atoms with Crippen LogP contribution in [0.5, 0.6) is 0 Å². The summed E-state index contributed by atoms with van der Waals surface area (Å²) in [5, 5.41) is 9.56. The van der Waals surface area contributed by atoms with Crippen molar-refractivity contribution in [3.8, 4) is 0 Å². The molecule has 0 saturated carbocycles. The van der Waals surface area contributed by atoms with Crippen molar-refractivity contribution in [3.05, 3.63) is 11.6 Å². The summed E-state index contributed by atoms with van der Waals surface area (Å²) in [5.41, 5.74) is 3.00. The summed E-state index contributed by atoms with van der Waals surface area (Å²) in [5.74, 6) is 0.775. The van der Waals surface area contributed by atoms with Crippen LogP contribution in [-0.4, -0.2) is 52.5 Å². The molecule has 0 saturated heterocycles. The smallest absolute Gasteiger partial charge is 0.193 e. The highest BCUT2D eigenvalue weighted by Gasteiger charge is 2.52. The van der Waals surface area contributed by atoms with E-state index in [1.807, 2.05) is 0 Å². The van der Waals surface area contributed by atoms with E-state index in [2.05, 4.69) is 114 Å². The summed E-state index contributed by atoms with van der Waals surface area (Å²) in [7, 11) is -3.80. The van der Waals surface area contributed by atoms with Gasteiger partial charge in [-0.05, 0) is 68.5 Å². The molecule has 2 heterocycles. The fourth-order valence-corrected chi connectivity index (χ4v) is 10.8. The summed E-state index contributed by atoms with van der Waals surface area (Å²) in [6.07, 6.45) is 3.95. The molecule has 8 heteroatoms. The third-order valence-corrected chi connectivity index (χ3v) is 19.8. The lowest BCUT2D eigenvalue weighted by Gasteiger charge is -2.45. The van der Waals surface area contributed by atoms with Crippen LogP contribution in [0.25, 0.3) is 0 Å². The summed E-state index contributed by atoms with van der Waals surface area (Å²) < 4.78 is 14.0. The van der Waals surface area contributed by atoms with Crippen molar-refractivity contribution >= 4 is 28.1 Å². The standard InChI is InChI=1S/C33H64N2O4Si2/c1-16-20-23(5)30-26(8)28(34-37-30)24(6)21-33(13,39-41(17-2,18-3)19-4)31-27(9)29(35-38-31)25(7)22-36-40(14,15)32(10,11)12/h20,24-27,30-31H,16-19,21-22H2,1-15H3/b23-20-/t24-,25+,26+,27+,30+,31-,33-/m1/s1. The Bertz CT molecular complexity index is 945. The predicted molar refractivity (Wildman–Crippen MR) is 180 cm³/mol. The molecule has 41 heavy (non-hydrogen) atoms. The molecule has 7 atom stereocenters. The molecular formula is C33H64N2O4Si2. The highest BCUT2D eigenvalue weighted by molar-refractivity contribution is 6.74. The van der Waals surface area contributed by atoms with E-state index in [4.69, 9.17) is 23.7 Å². The van der Waals surface area contributed by atoms with Gasteiger partial charge in [0.05, 0.1) is 17.0 Å². The van der Waals surface area contributed by atoms with Crippen LogP contribution in [0.1, 0.15) is 103 Å². The molecule has 0 aromatic heterocycles. The van der Waals surface area contributed by atoms with Crippen molar-refractivity contribution in [2.75, 3.05) is 6.61 Å². The fraction of sp³-hybridized carbons (Fsp3) is 0.879. The molecule has 0 spiro atoms. The van der Waals surface area contributed by atoms with Crippen LogP contribution in [0.15, 0.2) is 22.0 Å². The van der Waals surface area contributed by atoms with Gasteiger partial charge >= 0.3 is 0 Å². The molecule has 2 aliphatic rings. The van der Waals surface area contributed by atoms with Gasteiger partial charge in [-0.2, -0.15) is 0 Å². The van der Waals surface area contributed by atoms with Crippen LogP contribution in [0.4, 0.5) is 0 Å². The van der Waals surface area contributed by atoms with Crippen LogP contribution < -0.4 is 0 Å². The molecule has 0 bridgehead atoms. The molecule has 0 amide bonds. The minimum atomic E-state index is -1.96. The van der Waals surface area contributed by atoms with Crippen molar-refractivity contribution in [1.29, 1.82) is 0 Å². The Morgan fingerprint density at radius 1 is 0.902 bits per heavy atom. The maximum absolute atomic E-state index is 7.40. The second-order valence-corrected chi connectivity index (χ2v) is 24.3. The predicted octanol–water partition coefficient (Wildman–Crippen LogP) is 9.59. The van der Waals surface area contributed by atoms with Crippen LogP contribution >= 0.6 is 0 Å². The van der Waals surface area contributed by atoms with Crippen LogP contribution in [0, 0.1) is 23.7 Å². The number of hydrogen-bond acceptors (Lipinski definition) is 6. The van der Waals surface area contributed by atoms with E-state index in [1.165, 1.54) is 5.57 Å². The van der Waals surface area contributed by atoms with Gasteiger partial charge in [-0.15, -0.1) is 0 Å². The minimum Gasteiger partial charge on any atom is -0.416 e. The van der Waals surface area contributed by atoms with Gasteiger partial charge in [-0.1, -0.05) is 92.5 Å². The summed E-state index contributed by atoms with van der Waals surface area (Å²) >= 11 is 0. The number of hydrogen-bond donors (Lipinski definition) is 0. The lowest BCUT2D eigenvalue weighted by Crippen LogP contribution is -2.55. The van der Waals surface area contributed by atoms with Crippen molar-refractivity contribution in [3.63, 3.8) is 0 Å². The highest BCUT2D eigenvalue weighted by Crippen LogP contribution is 2.43. The van der Waals surface area contributed by atoms with E-state index in [0.29, 0.717) is 6.61 Å². The number of nitrogens with zero attached hydrogens (tertiary/aromatic N) is 2. The lowest BCUT2D eigenvalue weighted by atomic mass is 9.76. The van der Waals surface area contributed by atoms with Crippen LogP contribution in [0.2, 0.25) is 36.3 Å². The Labute approximate surface area is 255 Å². The average molecular weight is 609 g/mol. The monoisotopic (exact) mass is 608 g/mol. The maximum Gasteiger partial charge on any atom is 0.193 e. The fourth-order valence-electron chi connectivity index (χ4n) is 6.55. The molecule has 0 N–H and O–H groups in total. The molecular weight excluding hydrogens is 545 g/mol. The second kappa shape index (κ2) is 14.2. The van der Waals surface area contributed by atoms with Gasteiger partial charge in [-0.25, -0.2) is 0 Å². The van der Waals surface area contributed by atoms with Gasteiger partial charge in [-0.3, -0.25) is 0 Å². The maximum atomic E-state index is 7.40. The summed E-state index contributed by atoms with van der Waals surface area (Å²) in [4.78, 5) is 12.4. The first kappa shape index (κ1) is 36.2. The van der Waals surface area contributed by atoms with Crippen molar-refractivity contribution in [1.82, 2.24) is 0 Å². The van der Waals surface area contributed by atoms with Crippen molar-refractivity contribution < 1.29 is 18.5 Å². The van der Waals surface area contributed by atoms with Gasteiger partial charge in [0.25, 0.3) is 0 Å². The normalized spacial score (nSPS) is 27.0. The Hall–Kier alpha value is -0.966. The zero-order chi connectivity index (χ0) is 31.4. The Balaban J connectivity index is 2.31. The summed E-state index contributed by atoms with van der Waals surface area (Å²) in [6, 6.07) is 3.29. The van der Waals surface area contributed by atoms with Crippen LogP contribution in [0.3, 0.4) is 0 Å². The zero-order valence-corrected chi connectivity index (χ0v) is 31.3. The van der Waals surface area contributed by atoms with E-state index in [9.17, 15) is 0 Å². The van der Waals surface area contributed by atoms with Gasteiger partial charge in [0.15, 0.2) is 28.8 Å². The lowest BCUT2D eigenvalue weighted by molar-refractivity contribution is -0.0949. The number of allylic oxidation sites excluding steroid dienone is 1. The molecule has 6 nitrogen and oxygen atoms in total. The number of oxime groups is 2. The van der Waals surface area contributed by atoms with Gasteiger partial charge < -0.3 is 18.5 Å². The molecule has 238 valence electrons. The number of rotatable bonds is 15. The summed E-state index contributed by atoms with van der Waals surface area (Å²) in [6.45, 7) is 34.7. The average Bonchev–Trinajstić information content (AvgIpc) is 3.48. The van der Waals surface area contributed by atoms with E-state index >= 15 is 0 Å². The first-order valence-electron chi connectivity index (χ1n) is 16.4. The zero-order valence-electron chi connectivity index (χ0n) is 29.3. The Kier molecular flexibility index (Phi) is 12.6.